The smallest absolute Gasteiger partial charge is 0.230 e. The highest BCUT2D eigenvalue weighted by Crippen LogP contribution is 2.38. The van der Waals surface area contributed by atoms with E-state index >= 15 is 0 Å². The minimum Gasteiger partial charge on any atom is -0.369 e. The Morgan fingerprint density at radius 1 is 1.30 bits per heavy atom. The first-order valence-corrected chi connectivity index (χ1v) is 9.07. The van der Waals surface area contributed by atoms with Crippen molar-refractivity contribution >= 4 is 39.2 Å². The van der Waals surface area contributed by atoms with Gasteiger partial charge in [-0.2, -0.15) is 0 Å². The molecule has 0 fully saturated rings. The van der Waals surface area contributed by atoms with Gasteiger partial charge in [0.2, 0.25) is 5.91 Å². The molecule has 0 bridgehead atoms. The number of primary amides is 1. The Bertz CT molecular complexity index is 846. The standard InChI is InChI=1S/C17H17N3OS2/c1-3-13(15(18)21)22-16-12-9-14(11-7-5-4-6-8-11)23-17(12)20-10(2)19-16/h4-9,13H,3H2,1-2H3,(H2,18,21). The number of fused-ring (bicyclic) bond motifs is 1. The van der Waals surface area contributed by atoms with E-state index in [2.05, 4.69) is 28.2 Å². The van der Waals surface area contributed by atoms with Gasteiger partial charge in [0.05, 0.1) is 5.25 Å². The van der Waals surface area contributed by atoms with Crippen LogP contribution in [-0.2, 0) is 4.79 Å². The number of aromatic nitrogens is 2. The van der Waals surface area contributed by atoms with Gasteiger partial charge in [-0.3, -0.25) is 4.79 Å². The van der Waals surface area contributed by atoms with E-state index in [1.165, 1.54) is 11.8 Å². The molecule has 1 amide bonds. The van der Waals surface area contributed by atoms with Crippen LogP contribution in [0.1, 0.15) is 19.2 Å². The largest absolute Gasteiger partial charge is 0.369 e. The molecule has 0 radical (unpaired) electrons. The summed E-state index contributed by atoms with van der Waals surface area (Å²) in [5.41, 5.74) is 6.63. The fourth-order valence-corrected chi connectivity index (χ4v) is 4.48. The normalized spacial score (nSPS) is 12.4. The van der Waals surface area contributed by atoms with E-state index in [9.17, 15) is 4.79 Å². The van der Waals surface area contributed by atoms with E-state index in [-0.39, 0.29) is 11.2 Å². The highest BCUT2D eigenvalue weighted by Gasteiger charge is 2.19. The highest BCUT2D eigenvalue weighted by molar-refractivity contribution is 8.00. The topological polar surface area (TPSA) is 68.9 Å². The quantitative estimate of drug-likeness (QED) is 0.561. The van der Waals surface area contributed by atoms with Crippen LogP contribution in [0.3, 0.4) is 0 Å². The average molecular weight is 343 g/mol. The van der Waals surface area contributed by atoms with Crippen LogP contribution in [0, 0.1) is 6.92 Å². The average Bonchev–Trinajstić information content (AvgIpc) is 2.96. The number of thiophene rings is 1. The van der Waals surface area contributed by atoms with Crippen molar-refractivity contribution in [3.05, 3.63) is 42.2 Å². The van der Waals surface area contributed by atoms with Gasteiger partial charge < -0.3 is 5.73 Å². The SMILES string of the molecule is CCC(Sc1nc(C)nc2sc(-c3ccccc3)cc12)C(N)=O. The molecule has 0 aliphatic heterocycles. The van der Waals surface area contributed by atoms with Gasteiger partial charge in [-0.25, -0.2) is 9.97 Å². The molecule has 0 spiro atoms. The van der Waals surface area contributed by atoms with Crippen LogP contribution in [0.5, 0.6) is 0 Å². The molecule has 3 aromatic rings. The Morgan fingerprint density at radius 2 is 2.04 bits per heavy atom. The Hall–Kier alpha value is -1.92. The fraction of sp³-hybridized carbons (Fsp3) is 0.235. The molecule has 0 aliphatic rings. The Labute approximate surface area is 143 Å². The number of aryl methyl sites for hydroxylation is 1. The molecule has 1 atom stereocenters. The summed E-state index contributed by atoms with van der Waals surface area (Å²) in [6.07, 6.45) is 0.681. The summed E-state index contributed by atoms with van der Waals surface area (Å²) < 4.78 is 0. The van der Waals surface area contributed by atoms with Gasteiger partial charge in [0, 0.05) is 10.3 Å². The first-order valence-electron chi connectivity index (χ1n) is 7.38. The Balaban J connectivity index is 2.08. The summed E-state index contributed by atoms with van der Waals surface area (Å²) in [5, 5.41) is 1.55. The first kappa shape index (κ1) is 16.0. The van der Waals surface area contributed by atoms with E-state index in [1.807, 2.05) is 32.0 Å². The van der Waals surface area contributed by atoms with Gasteiger partial charge in [-0.15, -0.1) is 11.3 Å². The lowest BCUT2D eigenvalue weighted by Crippen LogP contribution is -2.25. The van der Waals surface area contributed by atoms with Crippen LogP contribution in [0.25, 0.3) is 20.7 Å². The zero-order valence-corrected chi connectivity index (χ0v) is 14.6. The molecular weight excluding hydrogens is 326 g/mol. The maximum atomic E-state index is 11.5. The second kappa shape index (κ2) is 6.68. The molecule has 23 heavy (non-hydrogen) atoms. The summed E-state index contributed by atoms with van der Waals surface area (Å²) >= 11 is 3.07. The van der Waals surface area contributed by atoms with Crippen molar-refractivity contribution in [1.82, 2.24) is 9.97 Å². The Kier molecular flexibility index (Phi) is 4.63. The minimum atomic E-state index is -0.305. The van der Waals surface area contributed by atoms with Crippen molar-refractivity contribution in [2.75, 3.05) is 0 Å². The summed E-state index contributed by atoms with van der Waals surface area (Å²) in [6.45, 7) is 3.83. The number of amides is 1. The second-order valence-electron chi connectivity index (χ2n) is 5.19. The summed E-state index contributed by atoms with van der Waals surface area (Å²) in [4.78, 5) is 22.7. The number of hydrogen-bond donors (Lipinski definition) is 1. The zero-order valence-electron chi connectivity index (χ0n) is 12.9. The number of rotatable bonds is 5. The van der Waals surface area contributed by atoms with Crippen LogP contribution in [-0.4, -0.2) is 21.1 Å². The Morgan fingerprint density at radius 3 is 2.70 bits per heavy atom. The molecule has 2 heterocycles. The molecule has 2 aromatic heterocycles. The molecule has 0 saturated heterocycles. The summed E-state index contributed by atoms with van der Waals surface area (Å²) in [7, 11) is 0. The van der Waals surface area contributed by atoms with E-state index in [1.54, 1.807) is 11.3 Å². The fourth-order valence-electron chi connectivity index (χ4n) is 2.31. The van der Waals surface area contributed by atoms with Gasteiger partial charge >= 0.3 is 0 Å². The molecule has 0 saturated carbocycles. The number of carbonyl (C=O) groups is 1. The van der Waals surface area contributed by atoms with Crippen LogP contribution in [0.4, 0.5) is 0 Å². The molecule has 0 aliphatic carbocycles. The van der Waals surface area contributed by atoms with Crippen LogP contribution in [0.2, 0.25) is 0 Å². The zero-order chi connectivity index (χ0) is 16.4. The monoisotopic (exact) mass is 343 g/mol. The molecule has 2 N–H and O–H groups in total. The van der Waals surface area contributed by atoms with Gasteiger partial charge in [0.1, 0.15) is 15.7 Å². The van der Waals surface area contributed by atoms with Crippen molar-refractivity contribution in [2.45, 2.75) is 30.5 Å². The van der Waals surface area contributed by atoms with Crippen LogP contribution >= 0.6 is 23.1 Å². The number of thioether (sulfide) groups is 1. The van der Waals surface area contributed by atoms with Crippen molar-refractivity contribution in [1.29, 1.82) is 0 Å². The number of carbonyl (C=O) groups excluding carboxylic acids is 1. The van der Waals surface area contributed by atoms with Crippen LogP contribution in [0.15, 0.2) is 41.4 Å². The molecule has 4 nitrogen and oxygen atoms in total. The van der Waals surface area contributed by atoms with Crippen molar-refractivity contribution in [3.63, 3.8) is 0 Å². The van der Waals surface area contributed by atoms with E-state index in [0.29, 0.717) is 12.2 Å². The van der Waals surface area contributed by atoms with Crippen molar-refractivity contribution in [3.8, 4) is 10.4 Å². The summed E-state index contributed by atoms with van der Waals surface area (Å²) in [5.74, 6) is 0.404. The van der Waals surface area contributed by atoms with E-state index < -0.39 is 0 Å². The lowest BCUT2D eigenvalue weighted by atomic mass is 10.2. The van der Waals surface area contributed by atoms with E-state index in [4.69, 9.17) is 5.73 Å². The predicted molar refractivity (Wildman–Crippen MR) is 96.7 cm³/mol. The van der Waals surface area contributed by atoms with Crippen LogP contribution < -0.4 is 5.73 Å². The third-order valence-corrected chi connectivity index (χ3v) is 5.93. The minimum absolute atomic E-state index is 0.271. The van der Waals surface area contributed by atoms with Crippen molar-refractivity contribution in [2.24, 2.45) is 5.73 Å². The highest BCUT2D eigenvalue weighted by atomic mass is 32.2. The number of nitrogens with two attached hydrogens (primary N) is 1. The molecule has 6 heteroatoms. The third-order valence-electron chi connectivity index (χ3n) is 3.47. The van der Waals surface area contributed by atoms with Gasteiger partial charge in [-0.05, 0) is 25.0 Å². The predicted octanol–water partition coefficient (Wildman–Crippen LogP) is 4.02. The maximum absolute atomic E-state index is 11.5. The third kappa shape index (κ3) is 3.38. The van der Waals surface area contributed by atoms with Gasteiger partial charge in [0.15, 0.2) is 0 Å². The van der Waals surface area contributed by atoms with Gasteiger partial charge in [-0.1, -0.05) is 49.0 Å². The lowest BCUT2D eigenvalue weighted by Gasteiger charge is -2.10. The second-order valence-corrected chi connectivity index (χ2v) is 7.41. The van der Waals surface area contributed by atoms with Gasteiger partial charge in [0.25, 0.3) is 0 Å². The number of hydrogen-bond acceptors (Lipinski definition) is 5. The van der Waals surface area contributed by atoms with Crippen molar-refractivity contribution < 1.29 is 4.79 Å². The molecule has 118 valence electrons. The summed E-state index contributed by atoms with van der Waals surface area (Å²) in [6, 6.07) is 12.3. The first-order chi connectivity index (χ1) is 11.1. The number of benzene rings is 1. The van der Waals surface area contributed by atoms with E-state index in [0.717, 1.165) is 25.7 Å². The molecule has 1 unspecified atom stereocenters. The number of nitrogens with zero attached hydrogens (tertiary/aromatic N) is 2. The lowest BCUT2D eigenvalue weighted by molar-refractivity contribution is -0.117. The molecular formula is C17H17N3OS2. The molecule has 3 rings (SSSR count). The molecule has 1 aromatic carbocycles. The maximum Gasteiger partial charge on any atom is 0.230 e.